The number of rotatable bonds is 13. The van der Waals surface area contributed by atoms with Crippen LogP contribution in [0.25, 0.3) is 0 Å². The molecule has 0 saturated carbocycles. The zero-order chi connectivity index (χ0) is 15.3. The number of nitrogens with one attached hydrogen (secondary N) is 1. The fourth-order valence-electron chi connectivity index (χ4n) is 1.84. The van der Waals surface area contributed by atoms with Crippen molar-refractivity contribution < 1.29 is 9.47 Å². The van der Waals surface area contributed by atoms with E-state index < -0.39 is 0 Å². The third-order valence-electron chi connectivity index (χ3n) is 2.98. The normalized spacial score (nSPS) is 11.2. The quantitative estimate of drug-likeness (QED) is 0.563. The summed E-state index contributed by atoms with van der Waals surface area (Å²) in [5.41, 5.74) is 1.02. The third-order valence-corrected chi connectivity index (χ3v) is 3.70. The molecule has 0 amide bonds. The van der Waals surface area contributed by atoms with E-state index in [2.05, 4.69) is 26.7 Å². The number of ether oxygens (including phenoxy) is 2. The first-order valence-electron chi connectivity index (χ1n) is 7.74. The average molecular weight is 316 g/mol. The van der Waals surface area contributed by atoms with Gasteiger partial charge in [0.2, 0.25) is 0 Å². The van der Waals surface area contributed by atoms with Gasteiger partial charge in [-0.3, -0.25) is 4.90 Å². The van der Waals surface area contributed by atoms with E-state index >= 15 is 0 Å². The lowest BCUT2D eigenvalue weighted by Crippen LogP contribution is -2.31. The van der Waals surface area contributed by atoms with Crippen LogP contribution in [0.4, 0.5) is 5.00 Å². The Bertz CT molecular complexity index is 352. The smallest absolute Gasteiger partial charge is 0.134 e. The maximum absolute atomic E-state index is 5.45. The van der Waals surface area contributed by atoms with Gasteiger partial charge >= 0.3 is 0 Å². The molecule has 1 rings (SSSR count). The monoisotopic (exact) mass is 316 g/mol. The van der Waals surface area contributed by atoms with Crippen molar-refractivity contribution in [3.05, 3.63) is 5.69 Å². The van der Waals surface area contributed by atoms with E-state index in [1.165, 1.54) is 11.5 Å². The van der Waals surface area contributed by atoms with Crippen LogP contribution in [-0.4, -0.2) is 60.5 Å². The van der Waals surface area contributed by atoms with E-state index in [0.717, 1.165) is 69.7 Å². The summed E-state index contributed by atoms with van der Waals surface area (Å²) in [6, 6.07) is 0. The van der Waals surface area contributed by atoms with Crippen LogP contribution in [0, 0.1) is 0 Å². The lowest BCUT2D eigenvalue weighted by molar-refractivity contribution is 0.0793. The molecule has 7 heteroatoms. The molecule has 0 unspecified atom stereocenters. The highest BCUT2D eigenvalue weighted by Crippen LogP contribution is 2.19. The van der Waals surface area contributed by atoms with Gasteiger partial charge in [0, 0.05) is 50.9 Å². The van der Waals surface area contributed by atoms with Gasteiger partial charge in [-0.05, 0) is 20.3 Å². The maximum Gasteiger partial charge on any atom is 0.134 e. The number of hydrogen-bond donors (Lipinski definition) is 1. The van der Waals surface area contributed by atoms with Gasteiger partial charge in [0.25, 0.3) is 0 Å². The van der Waals surface area contributed by atoms with E-state index in [1.807, 2.05) is 13.8 Å². The largest absolute Gasteiger partial charge is 0.380 e. The minimum atomic E-state index is 0.734. The summed E-state index contributed by atoms with van der Waals surface area (Å²) in [6.07, 6.45) is 1.09. The lowest BCUT2D eigenvalue weighted by Gasteiger charge is -2.21. The summed E-state index contributed by atoms with van der Waals surface area (Å²) in [5.74, 6) is 0. The van der Waals surface area contributed by atoms with Gasteiger partial charge in [-0.15, -0.1) is 5.10 Å². The first-order chi connectivity index (χ1) is 10.3. The standard InChI is InChI=1S/C14H28N4O2S/c1-4-7-15-14-13(16-17-21-14)12-18(8-10-19-5-2)9-11-20-6-3/h15H,4-12H2,1-3H3. The number of anilines is 1. The Labute approximate surface area is 132 Å². The molecule has 1 heterocycles. The molecule has 0 aliphatic heterocycles. The molecule has 0 atom stereocenters. The molecule has 21 heavy (non-hydrogen) atoms. The molecule has 0 fully saturated rings. The summed E-state index contributed by atoms with van der Waals surface area (Å²) in [7, 11) is 0. The zero-order valence-electron chi connectivity index (χ0n) is 13.4. The second-order valence-corrected chi connectivity index (χ2v) is 5.40. The Kier molecular flexibility index (Phi) is 10.3. The van der Waals surface area contributed by atoms with Gasteiger partial charge in [-0.1, -0.05) is 11.4 Å². The Morgan fingerprint density at radius 1 is 1.10 bits per heavy atom. The minimum Gasteiger partial charge on any atom is -0.380 e. The van der Waals surface area contributed by atoms with E-state index in [4.69, 9.17) is 9.47 Å². The van der Waals surface area contributed by atoms with Gasteiger partial charge in [0.05, 0.1) is 13.2 Å². The molecule has 1 aromatic rings. The van der Waals surface area contributed by atoms with Gasteiger partial charge in [-0.25, -0.2) is 0 Å². The average Bonchev–Trinajstić information content (AvgIpc) is 2.92. The Morgan fingerprint density at radius 2 is 1.76 bits per heavy atom. The molecule has 0 aliphatic rings. The first-order valence-corrected chi connectivity index (χ1v) is 8.52. The molecule has 1 N–H and O–H groups in total. The van der Waals surface area contributed by atoms with Gasteiger partial charge in [0.15, 0.2) is 0 Å². The third kappa shape index (κ3) is 7.71. The minimum absolute atomic E-state index is 0.734. The van der Waals surface area contributed by atoms with Crippen molar-refractivity contribution in [3.63, 3.8) is 0 Å². The van der Waals surface area contributed by atoms with Gasteiger partial charge in [0.1, 0.15) is 10.7 Å². The van der Waals surface area contributed by atoms with E-state index in [9.17, 15) is 0 Å². The molecule has 0 aromatic carbocycles. The lowest BCUT2D eigenvalue weighted by atomic mass is 10.3. The Balaban J connectivity index is 2.50. The van der Waals surface area contributed by atoms with Crippen molar-refractivity contribution in [1.82, 2.24) is 14.5 Å². The molecular formula is C14H28N4O2S. The van der Waals surface area contributed by atoms with Crippen LogP contribution < -0.4 is 5.32 Å². The van der Waals surface area contributed by atoms with E-state index in [-0.39, 0.29) is 0 Å². The molecule has 0 radical (unpaired) electrons. The fraction of sp³-hybridized carbons (Fsp3) is 0.857. The predicted molar refractivity (Wildman–Crippen MR) is 87.0 cm³/mol. The van der Waals surface area contributed by atoms with E-state index in [1.54, 1.807) is 0 Å². The molecule has 0 bridgehead atoms. The van der Waals surface area contributed by atoms with Crippen LogP contribution in [0.2, 0.25) is 0 Å². The van der Waals surface area contributed by atoms with Crippen LogP contribution in [0.5, 0.6) is 0 Å². The topological polar surface area (TPSA) is 59.5 Å². The molecule has 1 aromatic heterocycles. The summed E-state index contributed by atoms with van der Waals surface area (Å²) < 4.78 is 15.0. The molecule has 0 saturated heterocycles. The molecule has 0 aliphatic carbocycles. The fourth-order valence-corrected chi connectivity index (χ4v) is 2.44. The number of hydrogen-bond acceptors (Lipinski definition) is 7. The summed E-state index contributed by atoms with van der Waals surface area (Å²) in [6.45, 7) is 12.6. The van der Waals surface area contributed by atoms with Crippen LogP contribution >= 0.6 is 11.5 Å². The number of aromatic nitrogens is 2. The SMILES string of the molecule is CCCNc1snnc1CN(CCOCC)CCOCC. The predicted octanol–water partition coefficient (Wildman–Crippen LogP) is 2.23. The summed E-state index contributed by atoms with van der Waals surface area (Å²) >= 11 is 1.43. The summed E-state index contributed by atoms with van der Waals surface area (Å²) in [5, 5.41) is 8.71. The molecule has 122 valence electrons. The highest BCUT2D eigenvalue weighted by Gasteiger charge is 2.13. The second-order valence-electron chi connectivity index (χ2n) is 4.65. The molecule has 0 spiro atoms. The van der Waals surface area contributed by atoms with Crippen molar-refractivity contribution in [2.75, 3.05) is 51.4 Å². The van der Waals surface area contributed by atoms with Crippen molar-refractivity contribution in [1.29, 1.82) is 0 Å². The highest BCUT2D eigenvalue weighted by molar-refractivity contribution is 7.10. The van der Waals surface area contributed by atoms with Crippen molar-refractivity contribution in [2.24, 2.45) is 0 Å². The van der Waals surface area contributed by atoms with Gasteiger partial charge < -0.3 is 14.8 Å². The molecule has 6 nitrogen and oxygen atoms in total. The van der Waals surface area contributed by atoms with Crippen LogP contribution in [-0.2, 0) is 16.0 Å². The zero-order valence-corrected chi connectivity index (χ0v) is 14.2. The van der Waals surface area contributed by atoms with Crippen molar-refractivity contribution in [2.45, 2.75) is 33.7 Å². The highest BCUT2D eigenvalue weighted by atomic mass is 32.1. The van der Waals surface area contributed by atoms with Crippen molar-refractivity contribution in [3.8, 4) is 0 Å². The Hall–Kier alpha value is -0.760. The molecular weight excluding hydrogens is 288 g/mol. The second kappa shape index (κ2) is 11.9. The van der Waals surface area contributed by atoms with Crippen LogP contribution in [0.3, 0.4) is 0 Å². The number of nitrogens with zero attached hydrogens (tertiary/aromatic N) is 3. The van der Waals surface area contributed by atoms with Crippen LogP contribution in [0.15, 0.2) is 0 Å². The maximum atomic E-state index is 5.45. The van der Waals surface area contributed by atoms with Gasteiger partial charge in [-0.2, -0.15) is 0 Å². The Morgan fingerprint density at radius 3 is 2.33 bits per heavy atom. The van der Waals surface area contributed by atoms with Crippen LogP contribution in [0.1, 0.15) is 32.9 Å². The first kappa shape index (κ1) is 18.3. The van der Waals surface area contributed by atoms with Crippen molar-refractivity contribution >= 4 is 16.5 Å². The summed E-state index contributed by atoms with van der Waals surface area (Å²) in [4.78, 5) is 2.30. The van der Waals surface area contributed by atoms with E-state index in [0.29, 0.717) is 0 Å².